The van der Waals surface area contributed by atoms with Crippen molar-refractivity contribution in [2.24, 2.45) is 5.92 Å². The van der Waals surface area contributed by atoms with E-state index in [2.05, 4.69) is 39.1 Å². The summed E-state index contributed by atoms with van der Waals surface area (Å²) >= 11 is 3.65. The number of anilines is 1. The van der Waals surface area contributed by atoms with Crippen LogP contribution in [0.15, 0.2) is 41.1 Å². The van der Waals surface area contributed by atoms with Gasteiger partial charge in [-0.05, 0) is 67.0 Å². The number of benzene rings is 1. The molecule has 3 nitrogen and oxygen atoms in total. The van der Waals surface area contributed by atoms with E-state index in [0.29, 0.717) is 0 Å². The SMILES string of the molecule is O=C(C1Cc2ccncc2C1)N1CCCCc2c(Br)cccc21. The van der Waals surface area contributed by atoms with Crippen molar-refractivity contribution < 1.29 is 4.79 Å². The van der Waals surface area contributed by atoms with Gasteiger partial charge in [0.25, 0.3) is 0 Å². The van der Waals surface area contributed by atoms with Gasteiger partial charge in [0, 0.05) is 35.0 Å². The Balaban J connectivity index is 1.64. The smallest absolute Gasteiger partial charge is 0.230 e. The fourth-order valence-electron chi connectivity index (χ4n) is 3.81. The van der Waals surface area contributed by atoms with Crippen molar-refractivity contribution in [3.05, 3.63) is 57.8 Å². The molecular weight excluding hydrogens is 352 g/mol. The van der Waals surface area contributed by atoms with Gasteiger partial charge in [-0.1, -0.05) is 22.0 Å². The van der Waals surface area contributed by atoms with Crippen LogP contribution in [0.25, 0.3) is 0 Å². The lowest BCUT2D eigenvalue weighted by Crippen LogP contribution is -2.37. The highest BCUT2D eigenvalue weighted by molar-refractivity contribution is 9.10. The summed E-state index contributed by atoms with van der Waals surface area (Å²) in [6.45, 7) is 0.827. The number of nitrogens with zero attached hydrogens (tertiary/aromatic N) is 2. The second-order valence-corrected chi connectivity index (χ2v) is 7.29. The Hall–Kier alpha value is -1.68. The van der Waals surface area contributed by atoms with E-state index in [1.54, 1.807) is 0 Å². The summed E-state index contributed by atoms with van der Waals surface area (Å²) in [5.41, 5.74) is 4.88. The maximum atomic E-state index is 13.2. The average Bonchev–Trinajstić information content (AvgIpc) is 2.88. The normalized spacial score (nSPS) is 19.9. The highest BCUT2D eigenvalue weighted by Crippen LogP contribution is 2.35. The maximum Gasteiger partial charge on any atom is 0.230 e. The Bertz CT molecular complexity index is 734. The summed E-state index contributed by atoms with van der Waals surface area (Å²) < 4.78 is 1.12. The number of carbonyl (C=O) groups is 1. The minimum Gasteiger partial charge on any atom is -0.312 e. The molecular formula is C19H19BrN2O. The predicted molar refractivity (Wildman–Crippen MR) is 94.6 cm³/mol. The van der Waals surface area contributed by atoms with Crippen LogP contribution in [0.5, 0.6) is 0 Å². The number of hydrogen-bond donors (Lipinski definition) is 0. The van der Waals surface area contributed by atoms with Gasteiger partial charge < -0.3 is 4.90 Å². The Morgan fingerprint density at radius 3 is 2.91 bits per heavy atom. The number of hydrogen-bond acceptors (Lipinski definition) is 2. The molecule has 1 aromatic carbocycles. The molecule has 0 radical (unpaired) electrons. The Morgan fingerprint density at radius 1 is 1.17 bits per heavy atom. The van der Waals surface area contributed by atoms with E-state index in [9.17, 15) is 4.79 Å². The molecule has 2 aromatic rings. The van der Waals surface area contributed by atoms with Gasteiger partial charge in [0.05, 0.1) is 0 Å². The molecule has 23 heavy (non-hydrogen) atoms. The molecule has 118 valence electrons. The first-order chi connectivity index (χ1) is 11.2. The third kappa shape index (κ3) is 2.69. The monoisotopic (exact) mass is 370 g/mol. The van der Waals surface area contributed by atoms with E-state index in [1.807, 2.05) is 23.4 Å². The molecule has 0 saturated heterocycles. The van der Waals surface area contributed by atoms with Gasteiger partial charge in [0.1, 0.15) is 0 Å². The number of pyridine rings is 1. The summed E-state index contributed by atoms with van der Waals surface area (Å²) in [6, 6.07) is 8.24. The highest BCUT2D eigenvalue weighted by Gasteiger charge is 2.32. The summed E-state index contributed by atoms with van der Waals surface area (Å²) in [6.07, 6.45) is 8.63. The number of fused-ring (bicyclic) bond motifs is 2. The molecule has 0 N–H and O–H groups in total. The molecule has 2 aliphatic rings. The molecule has 0 bridgehead atoms. The van der Waals surface area contributed by atoms with Gasteiger partial charge in [-0.15, -0.1) is 0 Å². The van der Waals surface area contributed by atoms with Crippen molar-refractivity contribution in [1.29, 1.82) is 0 Å². The van der Waals surface area contributed by atoms with E-state index in [1.165, 1.54) is 16.7 Å². The van der Waals surface area contributed by atoms with Crippen molar-refractivity contribution in [1.82, 2.24) is 4.98 Å². The van der Waals surface area contributed by atoms with Crippen LogP contribution in [0.1, 0.15) is 29.5 Å². The number of carbonyl (C=O) groups excluding carboxylic acids is 1. The van der Waals surface area contributed by atoms with Crippen LogP contribution in [0, 0.1) is 5.92 Å². The van der Waals surface area contributed by atoms with Crippen LogP contribution >= 0.6 is 15.9 Å². The third-order valence-electron chi connectivity index (χ3n) is 5.00. The fraction of sp³-hybridized carbons (Fsp3) is 0.368. The number of amides is 1. The topological polar surface area (TPSA) is 33.2 Å². The van der Waals surface area contributed by atoms with Gasteiger partial charge >= 0.3 is 0 Å². The van der Waals surface area contributed by atoms with E-state index in [-0.39, 0.29) is 11.8 Å². The molecule has 1 aromatic heterocycles. The zero-order chi connectivity index (χ0) is 15.8. The zero-order valence-corrected chi connectivity index (χ0v) is 14.6. The Morgan fingerprint density at radius 2 is 2.04 bits per heavy atom. The molecule has 1 aliphatic carbocycles. The third-order valence-corrected chi connectivity index (χ3v) is 5.74. The van der Waals surface area contributed by atoms with E-state index in [0.717, 1.165) is 48.8 Å². The van der Waals surface area contributed by atoms with Crippen molar-refractivity contribution in [3.63, 3.8) is 0 Å². The molecule has 4 heteroatoms. The molecule has 1 aliphatic heterocycles. The highest BCUT2D eigenvalue weighted by atomic mass is 79.9. The zero-order valence-electron chi connectivity index (χ0n) is 13.0. The van der Waals surface area contributed by atoms with E-state index >= 15 is 0 Å². The van der Waals surface area contributed by atoms with Gasteiger partial charge in [-0.25, -0.2) is 0 Å². The Labute approximate surface area is 144 Å². The lowest BCUT2D eigenvalue weighted by molar-refractivity contribution is -0.122. The van der Waals surface area contributed by atoms with E-state index < -0.39 is 0 Å². The number of halogens is 1. The first kappa shape index (κ1) is 14.9. The Kier molecular flexibility index (Phi) is 3.93. The summed E-state index contributed by atoms with van der Waals surface area (Å²) in [4.78, 5) is 19.4. The van der Waals surface area contributed by atoms with Crippen molar-refractivity contribution in [2.75, 3.05) is 11.4 Å². The lowest BCUT2D eigenvalue weighted by atomic mass is 10.0. The summed E-state index contributed by atoms with van der Waals surface area (Å²) in [5, 5.41) is 0. The first-order valence-electron chi connectivity index (χ1n) is 8.24. The lowest BCUT2D eigenvalue weighted by Gasteiger charge is -2.26. The van der Waals surface area contributed by atoms with Crippen molar-refractivity contribution >= 4 is 27.5 Å². The standard InChI is InChI=1S/C19H19BrN2O/c20-17-5-3-6-18-16(17)4-1-2-9-22(18)19(23)14-10-13-7-8-21-12-15(13)11-14/h3,5-8,12,14H,1-2,4,9-11H2. The van der Waals surface area contributed by atoms with Gasteiger partial charge in [-0.3, -0.25) is 9.78 Å². The average molecular weight is 371 g/mol. The molecule has 0 fully saturated rings. The van der Waals surface area contributed by atoms with Crippen LogP contribution in [-0.4, -0.2) is 17.4 Å². The molecule has 0 saturated carbocycles. The van der Waals surface area contributed by atoms with E-state index in [4.69, 9.17) is 0 Å². The molecule has 1 unspecified atom stereocenters. The minimum absolute atomic E-state index is 0.0548. The fourth-order valence-corrected chi connectivity index (χ4v) is 4.36. The van der Waals surface area contributed by atoms with Crippen molar-refractivity contribution in [3.8, 4) is 0 Å². The molecule has 4 rings (SSSR count). The molecule has 1 atom stereocenters. The molecule has 2 heterocycles. The molecule has 1 amide bonds. The van der Waals surface area contributed by atoms with Crippen molar-refractivity contribution in [2.45, 2.75) is 32.1 Å². The van der Waals surface area contributed by atoms with Gasteiger partial charge in [0.2, 0.25) is 5.91 Å². The summed E-state index contributed by atoms with van der Waals surface area (Å²) in [7, 11) is 0. The van der Waals surface area contributed by atoms with Crippen LogP contribution < -0.4 is 4.90 Å². The number of rotatable bonds is 1. The quantitative estimate of drug-likeness (QED) is 0.761. The van der Waals surface area contributed by atoms with Crippen LogP contribution in [0.2, 0.25) is 0 Å². The largest absolute Gasteiger partial charge is 0.312 e. The number of aromatic nitrogens is 1. The second-order valence-electron chi connectivity index (χ2n) is 6.43. The maximum absolute atomic E-state index is 13.2. The van der Waals surface area contributed by atoms with Crippen LogP contribution in [0.4, 0.5) is 5.69 Å². The predicted octanol–water partition coefficient (Wildman–Crippen LogP) is 3.93. The first-order valence-corrected chi connectivity index (χ1v) is 9.04. The second kappa shape index (κ2) is 6.08. The summed E-state index contributed by atoms with van der Waals surface area (Å²) in [5.74, 6) is 0.321. The molecule has 0 spiro atoms. The van der Waals surface area contributed by atoms with Gasteiger partial charge in [-0.2, -0.15) is 0 Å². The minimum atomic E-state index is 0.0548. The van der Waals surface area contributed by atoms with Crippen LogP contribution in [0.3, 0.4) is 0 Å². The van der Waals surface area contributed by atoms with Gasteiger partial charge in [0.15, 0.2) is 0 Å². The van der Waals surface area contributed by atoms with Crippen LogP contribution in [-0.2, 0) is 24.1 Å².